The molecule has 0 saturated heterocycles. The van der Waals surface area contributed by atoms with Crippen molar-refractivity contribution in [2.75, 3.05) is 0 Å². The molecule has 0 atom stereocenters. The van der Waals surface area contributed by atoms with Crippen LogP contribution in [0.2, 0.25) is 0 Å². The first-order valence-corrected chi connectivity index (χ1v) is 22.8. The number of benzene rings is 11. The van der Waals surface area contributed by atoms with Crippen LogP contribution in [-0.4, -0.2) is 19.1 Å². The largest absolute Gasteiger partial charge is 0.454 e. The Morgan fingerprint density at radius 1 is 0.328 bits per heavy atom. The van der Waals surface area contributed by atoms with Gasteiger partial charge in [-0.05, 0) is 86.6 Å². The number of rotatable bonds is 4. The molecule has 0 aliphatic heterocycles. The first-order valence-electron chi connectivity index (χ1n) is 22.8. The van der Waals surface area contributed by atoms with Crippen molar-refractivity contribution in [3.8, 4) is 34.0 Å². The number of furan rings is 1. The fourth-order valence-electron chi connectivity index (χ4n) is 11.2. The van der Waals surface area contributed by atoms with Crippen LogP contribution < -0.4 is 0 Å². The molecule has 67 heavy (non-hydrogen) atoms. The zero-order valence-electron chi connectivity index (χ0n) is 36.0. The number of aromatic nitrogens is 4. The topological polar surface area (TPSA) is 48.8 Å². The Kier molecular flexibility index (Phi) is 7.44. The zero-order valence-corrected chi connectivity index (χ0v) is 36.0. The molecule has 4 heterocycles. The van der Waals surface area contributed by atoms with Gasteiger partial charge in [-0.2, -0.15) is 0 Å². The van der Waals surface area contributed by atoms with Crippen molar-refractivity contribution in [2.45, 2.75) is 0 Å². The van der Waals surface area contributed by atoms with Gasteiger partial charge in [-0.1, -0.05) is 170 Å². The molecule has 5 nitrogen and oxygen atoms in total. The highest BCUT2D eigenvalue weighted by atomic mass is 16.3. The molecule has 0 aliphatic carbocycles. The molecule has 15 rings (SSSR count). The van der Waals surface area contributed by atoms with Crippen LogP contribution in [0.3, 0.4) is 0 Å². The van der Waals surface area contributed by atoms with Gasteiger partial charge in [0.25, 0.3) is 0 Å². The molecular formula is C62H36N4O. The predicted molar refractivity (Wildman–Crippen MR) is 279 cm³/mol. The van der Waals surface area contributed by atoms with Crippen LogP contribution in [0.25, 0.3) is 143 Å². The Hall–Kier alpha value is -9.06. The van der Waals surface area contributed by atoms with Crippen molar-refractivity contribution in [1.29, 1.82) is 0 Å². The molecule has 0 saturated carbocycles. The van der Waals surface area contributed by atoms with Crippen molar-refractivity contribution >= 4 is 109 Å². The minimum Gasteiger partial charge on any atom is -0.454 e. The molecule has 0 N–H and O–H groups in total. The minimum atomic E-state index is 0.583. The predicted octanol–water partition coefficient (Wildman–Crippen LogP) is 16.5. The highest BCUT2D eigenvalue weighted by Gasteiger charge is 2.27. The molecule has 0 unspecified atom stereocenters. The monoisotopic (exact) mass is 852 g/mol. The Morgan fingerprint density at radius 3 is 1.63 bits per heavy atom. The van der Waals surface area contributed by atoms with Crippen molar-refractivity contribution in [1.82, 2.24) is 19.1 Å². The molecule has 15 aromatic rings. The summed E-state index contributed by atoms with van der Waals surface area (Å²) in [7, 11) is 0. The van der Waals surface area contributed by atoms with Gasteiger partial charge in [0, 0.05) is 54.3 Å². The quantitative estimate of drug-likeness (QED) is 0.166. The van der Waals surface area contributed by atoms with E-state index in [0.29, 0.717) is 5.95 Å². The molecule has 4 aromatic heterocycles. The molecular weight excluding hydrogens is 817 g/mol. The van der Waals surface area contributed by atoms with Gasteiger partial charge < -0.3 is 8.98 Å². The summed E-state index contributed by atoms with van der Waals surface area (Å²) in [5.41, 5.74) is 12.1. The lowest BCUT2D eigenvalue weighted by atomic mass is 9.94. The molecule has 0 amide bonds. The molecule has 0 spiro atoms. The minimum absolute atomic E-state index is 0.583. The van der Waals surface area contributed by atoms with Crippen molar-refractivity contribution in [3.05, 3.63) is 218 Å². The van der Waals surface area contributed by atoms with Crippen LogP contribution in [0, 0.1) is 0 Å². The Labute approximate surface area is 383 Å². The van der Waals surface area contributed by atoms with Gasteiger partial charge >= 0.3 is 0 Å². The van der Waals surface area contributed by atoms with Gasteiger partial charge in [0.2, 0.25) is 5.95 Å². The Balaban J connectivity index is 1.13. The molecule has 0 radical (unpaired) electrons. The number of fused-ring (bicyclic) bond motifs is 19. The van der Waals surface area contributed by atoms with E-state index in [0.717, 1.165) is 126 Å². The smallest absolute Gasteiger partial charge is 0.235 e. The number of hydrogen-bond donors (Lipinski definition) is 0. The SMILES string of the molecule is c1ccc(-c2ccc3c(c2)c2c4ccccc4c4c5ccccc5oc4c2n3-c2nc(-c3ccc4c(c3)c3ccccc3n4-c3ccccc3)c3c4ccccc4c4ccccc4c3n2)cc1. The molecule has 0 aliphatic rings. The maximum Gasteiger partial charge on any atom is 0.235 e. The van der Waals surface area contributed by atoms with E-state index < -0.39 is 0 Å². The lowest BCUT2D eigenvalue weighted by Gasteiger charge is -2.16. The van der Waals surface area contributed by atoms with Crippen LogP contribution in [-0.2, 0) is 0 Å². The van der Waals surface area contributed by atoms with E-state index in [2.05, 4.69) is 221 Å². The highest BCUT2D eigenvalue weighted by molar-refractivity contribution is 6.35. The highest BCUT2D eigenvalue weighted by Crippen LogP contribution is 2.48. The third-order valence-corrected chi connectivity index (χ3v) is 14.1. The average Bonchev–Trinajstić information content (AvgIpc) is 4.07. The van der Waals surface area contributed by atoms with Crippen LogP contribution in [0.15, 0.2) is 223 Å². The van der Waals surface area contributed by atoms with Gasteiger partial charge in [0.15, 0.2) is 5.58 Å². The fourth-order valence-corrected chi connectivity index (χ4v) is 11.2. The van der Waals surface area contributed by atoms with Gasteiger partial charge in [0.05, 0.1) is 27.8 Å². The zero-order chi connectivity index (χ0) is 43.7. The number of nitrogens with zero attached hydrogens (tertiary/aromatic N) is 4. The molecule has 11 aromatic carbocycles. The van der Waals surface area contributed by atoms with E-state index in [1.807, 2.05) is 6.07 Å². The average molecular weight is 853 g/mol. The van der Waals surface area contributed by atoms with E-state index in [4.69, 9.17) is 14.4 Å². The first-order chi connectivity index (χ1) is 33.3. The lowest BCUT2D eigenvalue weighted by molar-refractivity contribution is 0.671. The van der Waals surface area contributed by atoms with E-state index in [1.165, 1.54) is 10.8 Å². The summed E-state index contributed by atoms with van der Waals surface area (Å²) in [5.74, 6) is 0.583. The summed E-state index contributed by atoms with van der Waals surface area (Å²) in [6.07, 6.45) is 0. The number of para-hydroxylation sites is 3. The second kappa shape index (κ2) is 13.7. The third kappa shape index (κ3) is 5.08. The van der Waals surface area contributed by atoms with Gasteiger partial charge in [-0.15, -0.1) is 0 Å². The molecule has 310 valence electrons. The van der Waals surface area contributed by atoms with Crippen LogP contribution >= 0.6 is 0 Å². The van der Waals surface area contributed by atoms with Gasteiger partial charge in [-0.3, -0.25) is 4.57 Å². The molecule has 0 bridgehead atoms. The summed E-state index contributed by atoms with van der Waals surface area (Å²) >= 11 is 0. The van der Waals surface area contributed by atoms with Crippen molar-refractivity contribution in [2.24, 2.45) is 0 Å². The number of hydrogen-bond acceptors (Lipinski definition) is 3. The van der Waals surface area contributed by atoms with E-state index in [-0.39, 0.29) is 0 Å². The van der Waals surface area contributed by atoms with E-state index >= 15 is 0 Å². The second-order valence-corrected chi connectivity index (χ2v) is 17.6. The summed E-state index contributed by atoms with van der Waals surface area (Å²) in [5, 5.41) is 14.6. The van der Waals surface area contributed by atoms with Crippen molar-refractivity contribution in [3.63, 3.8) is 0 Å². The summed E-state index contributed by atoms with van der Waals surface area (Å²) in [6, 6.07) is 78.2. The van der Waals surface area contributed by atoms with Gasteiger partial charge in [0.1, 0.15) is 11.1 Å². The Bertz CT molecular complexity index is 4560. The van der Waals surface area contributed by atoms with Crippen LogP contribution in [0.5, 0.6) is 0 Å². The second-order valence-electron chi connectivity index (χ2n) is 17.6. The lowest BCUT2D eigenvalue weighted by Crippen LogP contribution is -2.04. The Morgan fingerprint density at radius 2 is 0.866 bits per heavy atom. The molecule has 5 heteroatoms. The van der Waals surface area contributed by atoms with Gasteiger partial charge in [-0.25, -0.2) is 9.97 Å². The molecule has 0 fully saturated rings. The first kappa shape index (κ1) is 36.3. The summed E-state index contributed by atoms with van der Waals surface area (Å²) in [6.45, 7) is 0. The summed E-state index contributed by atoms with van der Waals surface area (Å²) in [4.78, 5) is 11.6. The van der Waals surface area contributed by atoms with Crippen molar-refractivity contribution < 1.29 is 4.42 Å². The fraction of sp³-hybridized carbons (Fsp3) is 0. The van der Waals surface area contributed by atoms with E-state index in [9.17, 15) is 0 Å². The summed E-state index contributed by atoms with van der Waals surface area (Å²) < 4.78 is 11.7. The maximum absolute atomic E-state index is 7.06. The van der Waals surface area contributed by atoms with Crippen LogP contribution in [0.4, 0.5) is 0 Å². The normalized spacial score (nSPS) is 12.2. The third-order valence-electron chi connectivity index (χ3n) is 14.1. The van der Waals surface area contributed by atoms with E-state index in [1.54, 1.807) is 0 Å². The standard InChI is InChI=1S/C62H36N4O/c1-3-17-37(18-4-1)38-31-33-53-50(35-38)55-45-25-10-11-26-46(45)56-48-28-14-16-30-54(48)67-61(56)60(55)66(53)62-63-58(57-44-24-9-7-21-41(44)42-22-8-12-27-47(42)59(57)64-62)39-32-34-52-49(36-39)43-23-13-15-29-51(43)65(52)40-19-5-2-6-20-40/h1-36H. The maximum atomic E-state index is 7.06. The van der Waals surface area contributed by atoms with Crippen LogP contribution in [0.1, 0.15) is 0 Å².